The molecule has 0 saturated heterocycles. The minimum Gasteiger partial charge on any atom is -0.309 e. The quantitative estimate of drug-likeness (QED) is 0.148. The summed E-state index contributed by atoms with van der Waals surface area (Å²) in [6.07, 6.45) is 0. The smallest absolute Gasteiger partial charge is 0.0541 e. The van der Waals surface area contributed by atoms with Gasteiger partial charge in [0.2, 0.25) is 0 Å². The summed E-state index contributed by atoms with van der Waals surface area (Å²) in [6.45, 7) is 2.41. The first kappa shape index (κ1) is 39.6. The summed E-state index contributed by atoms with van der Waals surface area (Å²) in [7, 11) is 0. The normalized spacial score (nSPS) is 14.0. The lowest BCUT2D eigenvalue weighted by Gasteiger charge is -2.32. The number of hydrogen-bond donors (Lipinski definition) is 0. The Morgan fingerprint density at radius 3 is 1.71 bits per heavy atom. The maximum atomic E-state index is 2.53. The van der Waals surface area contributed by atoms with Crippen molar-refractivity contribution in [2.75, 3.05) is 4.90 Å². The predicted molar refractivity (Wildman–Crippen MR) is 287 cm³/mol. The molecule has 0 aliphatic heterocycles. The van der Waals surface area contributed by atoms with Crippen molar-refractivity contribution in [2.45, 2.75) is 12.3 Å². The SMILES string of the molecule is CC1(c2ccccc2)c2ccccc2-c2ccc(N(c3ccccc3-c3ccc4c(c3)c3ccccc3n4-c3ccccc3)c3ccccc3-c3cccc4cccc(-c5ccccc5)c34)cc21. The van der Waals surface area contributed by atoms with Crippen LogP contribution in [0.25, 0.3) is 82.8 Å². The number of benzene rings is 11. The average Bonchev–Trinajstić information content (AvgIpc) is 3.88. The van der Waals surface area contributed by atoms with Crippen molar-refractivity contribution >= 4 is 49.6 Å². The van der Waals surface area contributed by atoms with E-state index in [-0.39, 0.29) is 5.41 Å². The van der Waals surface area contributed by atoms with Gasteiger partial charge in [0.25, 0.3) is 0 Å². The number of aromatic nitrogens is 1. The highest BCUT2D eigenvalue weighted by Crippen LogP contribution is 2.55. The van der Waals surface area contributed by atoms with Crippen LogP contribution >= 0.6 is 0 Å². The lowest BCUT2D eigenvalue weighted by molar-refractivity contribution is 0.714. The molecule has 320 valence electrons. The van der Waals surface area contributed by atoms with Crippen LogP contribution in [0.1, 0.15) is 23.6 Å². The molecule has 13 rings (SSSR count). The van der Waals surface area contributed by atoms with Gasteiger partial charge in [0.05, 0.1) is 22.4 Å². The minimum absolute atomic E-state index is 0.369. The van der Waals surface area contributed by atoms with Crippen molar-refractivity contribution in [3.8, 4) is 50.2 Å². The molecule has 0 spiro atoms. The second kappa shape index (κ2) is 16.0. The maximum absolute atomic E-state index is 2.53. The van der Waals surface area contributed by atoms with E-state index in [9.17, 15) is 0 Å². The summed E-state index contributed by atoms with van der Waals surface area (Å²) in [5.74, 6) is 0. The highest BCUT2D eigenvalue weighted by molar-refractivity contribution is 6.12. The van der Waals surface area contributed by atoms with Gasteiger partial charge in [0.1, 0.15) is 0 Å². The Morgan fingerprint density at radius 2 is 0.926 bits per heavy atom. The molecule has 11 aromatic carbocycles. The summed E-state index contributed by atoms with van der Waals surface area (Å²) in [5.41, 5.74) is 20.0. The monoisotopic (exact) mass is 866 g/mol. The molecule has 0 amide bonds. The van der Waals surface area contributed by atoms with E-state index in [2.05, 4.69) is 277 Å². The summed E-state index contributed by atoms with van der Waals surface area (Å²) >= 11 is 0. The molecule has 1 aromatic heterocycles. The van der Waals surface area contributed by atoms with E-state index < -0.39 is 0 Å². The molecule has 2 nitrogen and oxygen atoms in total. The van der Waals surface area contributed by atoms with Gasteiger partial charge in [-0.05, 0) is 122 Å². The first-order chi connectivity index (χ1) is 33.6. The van der Waals surface area contributed by atoms with E-state index in [0.29, 0.717) is 0 Å². The van der Waals surface area contributed by atoms with Crippen LogP contribution in [0.4, 0.5) is 17.1 Å². The third-order valence-electron chi connectivity index (χ3n) is 14.5. The zero-order valence-corrected chi connectivity index (χ0v) is 37.7. The largest absolute Gasteiger partial charge is 0.309 e. The number of rotatable bonds is 8. The van der Waals surface area contributed by atoms with Gasteiger partial charge in [0.15, 0.2) is 0 Å². The summed E-state index contributed by atoms with van der Waals surface area (Å²) in [5, 5.41) is 4.91. The highest BCUT2D eigenvalue weighted by Gasteiger charge is 2.41. The van der Waals surface area contributed by atoms with Gasteiger partial charge >= 0.3 is 0 Å². The summed E-state index contributed by atoms with van der Waals surface area (Å²) in [6, 6.07) is 96.0. The maximum Gasteiger partial charge on any atom is 0.0541 e. The third kappa shape index (κ3) is 6.18. The number of hydrogen-bond acceptors (Lipinski definition) is 1. The fourth-order valence-electron chi connectivity index (χ4n) is 11.3. The van der Waals surface area contributed by atoms with Crippen LogP contribution in [-0.2, 0) is 5.41 Å². The Kier molecular flexibility index (Phi) is 9.33. The van der Waals surface area contributed by atoms with Crippen LogP contribution < -0.4 is 4.90 Å². The van der Waals surface area contributed by atoms with E-state index in [1.54, 1.807) is 0 Å². The van der Waals surface area contributed by atoms with Crippen LogP contribution in [-0.4, -0.2) is 4.57 Å². The van der Waals surface area contributed by atoms with Gasteiger partial charge in [-0.25, -0.2) is 0 Å². The lowest BCUT2D eigenvalue weighted by Crippen LogP contribution is -2.23. The summed E-state index contributed by atoms with van der Waals surface area (Å²) in [4.78, 5) is 2.53. The first-order valence-corrected chi connectivity index (χ1v) is 23.6. The lowest BCUT2D eigenvalue weighted by atomic mass is 9.74. The molecule has 12 aromatic rings. The summed E-state index contributed by atoms with van der Waals surface area (Å²) < 4.78 is 2.39. The molecule has 0 fully saturated rings. The molecule has 1 unspecified atom stereocenters. The van der Waals surface area contributed by atoms with Crippen molar-refractivity contribution < 1.29 is 0 Å². The fourth-order valence-corrected chi connectivity index (χ4v) is 11.3. The minimum atomic E-state index is -0.369. The number of para-hydroxylation sites is 4. The van der Waals surface area contributed by atoms with Crippen molar-refractivity contribution in [1.82, 2.24) is 4.57 Å². The van der Waals surface area contributed by atoms with E-state index in [1.165, 1.54) is 77.1 Å². The van der Waals surface area contributed by atoms with Gasteiger partial charge in [-0.2, -0.15) is 0 Å². The zero-order valence-electron chi connectivity index (χ0n) is 37.7. The molecule has 0 bridgehead atoms. The molecule has 0 N–H and O–H groups in total. The zero-order chi connectivity index (χ0) is 45.2. The van der Waals surface area contributed by atoms with Crippen LogP contribution in [0.2, 0.25) is 0 Å². The molecule has 1 heterocycles. The molecule has 1 atom stereocenters. The van der Waals surface area contributed by atoms with Crippen LogP contribution in [0, 0.1) is 0 Å². The molecular formula is C66H46N2. The first-order valence-electron chi connectivity index (χ1n) is 23.6. The molecule has 68 heavy (non-hydrogen) atoms. The van der Waals surface area contributed by atoms with Crippen molar-refractivity contribution in [3.63, 3.8) is 0 Å². The topological polar surface area (TPSA) is 8.17 Å². The second-order valence-electron chi connectivity index (χ2n) is 18.1. The molecule has 1 aliphatic rings. The van der Waals surface area contributed by atoms with E-state index in [0.717, 1.165) is 39.4 Å². The molecule has 0 radical (unpaired) electrons. The molecule has 0 saturated carbocycles. The highest BCUT2D eigenvalue weighted by atomic mass is 15.1. The molecule has 2 heteroatoms. The van der Waals surface area contributed by atoms with Crippen LogP contribution in [0.3, 0.4) is 0 Å². The Hall–Kier alpha value is -8.72. The van der Waals surface area contributed by atoms with Crippen LogP contribution in [0.5, 0.6) is 0 Å². The van der Waals surface area contributed by atoms with Crippen LogP contribution in [0.15, 0.2) is 261 Å². The van der Waals surface area contributed by atoms with Crippen molar-refractivity contribution in [1.29, 1.82) is 0 Å². The van der Waals surface area contributed by atoms with Gasteiger partial charge in [-0.15, -0.1) is 0 Å². The third-order valence-corrected chi connectivity index (χ3v) is 14.5. The molecule has 1 aliphatic carbocycles. The van der Waals surface area contributed by atoms with Gasteiger partial charge in [-0.3, -0.25) is 0 Å². The molecular weight excluding hydrogens is 821 g/mol. The Labute approximate surface area is 397 Å². The fraction of sp³-hybridized carbons (Fsp3) is 0.0303. The average molecular weight is 867 g/mol. The van der Waals surface area contributed by atoms with E-state index in [1.807, 2.05) is 0 Å². The van der Waals surface area contributed by atoms with Crippen molar-refractivity contribution in [2.24, 2.45) is 0 Å². The Morgan fingerprint density at radius 1 is 0.353 bits per heavy atom. The number of anilines is 3. The second-order valence-corrected chi connectivity index (χ2v) is 18.1. The van der Waals surface area contributed by atoms with E-state index in [4.69, 9.17) is 0 Å². The standard InChI is InChI=1S/C66H46N2/c1-66(48-25-7-3-8-26-48)59-35-15-11-30-53(59)54-41-40-50(44-60(54)66)68(62-37-17-13-31-55(62)57-34-20-24-46-23-19-33-52(65(46)57)45-21-5-2-6-22-45)61-36-16-12-29-51(61)47-39-42-64-58(43-47)56-32-14-18-38-63(56)67(64)49-27-9-4-10-28-49/h2-44H,1H3. The van der Waals surface area contributed by atoms with Gasteiger partial charge < -0.3 is 9.47 Å². The number of nitrogens with zero attached hydrogens (tertiary/aromatic N) is 2. The Bertz CT molecular complexity index is 3860. The van der Waals surface area contributed by atoms with Gasteiger partial charge in [-0.1, -0.05) is 206 Å². The van der Waals surface area contributed by atoms with Crippen molar-refractivity contribution in [3.05, 3.63) is 278 Å². The predicted octanol–water partition coefficient (Wildman–Crippen LogP) is 17.7. The van der Waals surface area contributed by atoms with Gasteiger partial charge in [0, 0.05) is 38.7 Å². The van der Waals surface area contributed by atoms with E-state index >= 15 is 0 Å². The number of fused-ring (bicyclic) bond motifs is 7. The Balaban J connectivity index is 1.08.